The Morgan fingerprint density at radius 1 is 0.413 bits per heavy atom. The molecule has 0 spiro atoms. The van der Waals surface area contributed by atoms with E-state index in [2.05, 4.69) is 13.0 Å². The first-order valence-electron chi connectivity index (χ1n) is 21.0. The molecule has 5 heteroatoms. The van der Waals surface area contributed by atoms with Crippen LogP contribution >= 0.6 is 34.4 Å². The maximum atomic E-state index is 9.03. The fraction of sp³-hybridized carbons (Fsp3) is 0.951. The fourth-order valence-electron chi connectivity index (χ4n) is 13.5. The maximum absolute atomic E-state index is 9.03. The zero-order valence-corrected chi connectivity index (χ0v) is 35.2. The molecule has 0 amide bonds. The van der Waals surface area contributed by atoms with Gasteiger partial charge in [0.2, 0.25) is 0 Å². The molecular formula is C41H74Cl2P2Ru. The summed E-state index contributed by atoms with van der Waals surface area (Å²) in [5.74, 6) is -5.08. The molecule has 0 radical (unpaired) electrons. The van der Waals surface area contributed by atoms with E-state index in [0.717, 1.165) is 34.0 Å². The van der Waals surface area contributed by atoms with Crippen LogP contribution in [-0.2, 0) is 19.5 Å². The van der Waals surface area contributed by atoms with Gasteiger partial charge in [0, 0.05) is 19.5 Å². The van der Waals surface area contributed by atoms with Gasteiger partial charge in [-0.25, -0.2) is 0 Å². The molecule has 0 aliphatic heterocycles. The summed E-state index contributed by atoms with van der Waals surface area (Å²) < 4.78 is 0. The van der Waals surface area contributed by atoms with Crippen molar-refractivity contribution in [2.45, 2.75) is 234 Å². The quantitative estimate of drug-likeness (QED) is 0.117. The van der Waals surface area contributed by atoms with E-state index in [1.54, 1.807) is 5.57 Å². The van der Waals surface area contributed by atoms with E-state index in [4.69, 9.17) is 22.5 Å². The second kappa shape index (κ2) is 17.1. The number of hydrogen-bond acceptors (Lipinski definition) is 0. The van der Waals surface area contributed by atoms with E-state index in [9.17, 15) is 0 Å². The van der Waals surface area contributed by atoms with Crippen molar-refractivity contribution < 1.29 is 19.5 Å². The van der Waals surface area contributed by atoms with Gasteiger partial charge in [0.1, 0.15) is 0 Å². The number of allylic oxidation sites excluding steroid dienone is 2. The maximum Gasteiger partial charge on any atom is 0 e. The summed E-state index contributed by atoms with van der Waals surface area (Å²) in [4.78, 5) is 0. The molecule has 0 aromatic rings. The van der Waals surface area contributed by atoms with Crippen LogP contribution in [0.15, 0.2) is 11.6 Å². The van der Waals surface area contributed by atoms with Crippen molar-refractivity contribution in [3.8, 4) is 0 Å². The van der Waals surface area contributed by atoms with E-state index in [1.165, 1.54) is 205 Å². The summed E-state index contributed by atoms with van der Waals surface area (Å²) in [5, 5.41) is 0. The van der Waals surface area contributed by atoms with Crippen molar-refractivity contribution in [1.82, 2.24) is 0 Å². The number of halogens is 2. The smallest absolute Gasteiger partial charge is 0 e. The van der Waals surface area contributed by atoms with Gasteiger partial charge in [0.05, 0.1) is 0 Å². The van der Waals surface area contributed by atoms with Gasteiger partial charge < -0.3 is 0 Å². The van der Waals surface area contributed by atoms with Crippen LogP contribution in [0.5, 0.6) is 0 Å². The van der Waals surface area contributed by atoms with Crippen LogP contribution in [0.2, 0.25) is 0 Å². The summed E-state index contributed by atoms with van der Waals surface area (Å²) in [5.41, 5.74) is 6.74. The van der Waals surface area contributed by atoms with Gasteiger partial charge in [-0.2, -0.15) is 0 Å². The summed E-state index contributed by atoms with van der Waals surface area (Å²) in [6.07, 6.45) is 48.9. The SMILES string of the molecule is CC(=CCP(Cl)(C1CCCCC1)(C1CCCCC1)C1CCCCC1)CP(Cl)(C1CCCCC1)(C1CCCCC1)C1CCCCC1.[Ru]. The summed E-state index contributed by atoms with van der Waals surface area (Å²) in [7, 11) is 0. The second-order valence-electron chi connectivity index (χ2n) is 18.0. The molecule has 0 saturated heterocycles. The van der Waals surface area contributed by atoms with Gasteiger partial charge in [-0.1, -0.05) is 0 Å². The van der Waals surface area contributed by atoms with E-state index in [-0.39, 0.29) is 19.5 Å². The van der Waals surface area contributed by atoms with Crippen LogP contribution in [0.1, 0.15) is 200 Å². The third-order valence-electron chi connectivity index (χ3n) is 15.8. The Morgan fingerprint density at radius 3 is 0.870 bits per heavy atom. The second-order valence-corrected chi connectivity index (χ2v) is 33.6. The number of rotatable bonds is 10. The van der Waals surface area contributed by atoms with Gasteiger partial charge in [-0.15, -0.1) is 0 Å². The summed E-state index contributed by atoms with van der Waals surface area (Å²) >= 11 is 18.0. The van der Waals surface area contributed by atoms with Crippen molar-refractivity contribution in [2.24, 2.45) is 0 Å². The predicted molar refractivity (Wildman–Crippen MR) is 210 cm³/mol. The van der Waals surface area contributed by atoms with Crippen LogP contribution in [0.3, 0.4) is 0 Å². The standard InChI is InChI=1S/C41H74Cl2P2.Ru/c1-35(34-45(43,39-26-14-5-15-27-39,40-28-16-6-17-29-40)41-30-18-7-19-31-41)32-33-44(42,36-20-8-2-9-21-36,37-22-10-3-11-23-37)38-24-12-4-13-25-38;/h32,36-41H,2-31,33-34H2,1H3;. The molecule has 0 heterocycles. The molecular weight excluding hydrogens is 726 g/mol. The molecule has 46 heavy (non-hydrogen) atoms. The molecule has 0 unspecified atom stereocenters. The molecule has 0 nitrogen and oxygen atoms in total. The van der Waals surface area contributed by atoms with E-state index in [1.807, 2.05) is 0 Å². The number of hydrogen-bond donors (Lipinski definition) is 0. The van der Waals surface area contributed by atoms with E-state index < -0.39 is 11.9 Å². The van der Waals surface area contributed by atoms with Crippen LogP contribution in [0, 0.1) is 0 Å². The Hall–Kier alpha value is 1.80. The Kier molecular flexibility index (Phi) is 14.5. The van der Waals surface area contributed by atoms with Crippen molar-refractivity contribution in [3.63, 3.8) is 0 Å². The average molecular weight is 801 g/mol. The third-order valence-corrected chi connectivity index (χ3v) is 36.5. The average Bonchev–Trinajstić information content (AvgIpc) is 3.13. The molecule has 0 bridgehead atoms. The molecule has 6 aliphatic carbocycles. The van der Waals surface area contributed by atoms with Gasteiger partial charge in [0.25, 0.3) is 0 Å². The monoisotopic (exact) mass is 800 g/mol. The van der Waals surface area contributed by atoms with Gasteiger partial charge >= 0.3 is 292 Å². The first-order chi connectivity index (χ1) is 21.9. The van der Waals surface area contributed by atoms with Crippen molar-refractivity contribution in [1.29, 1.82) is 0 Å². The first-order valence-corrected chi connectivity index (χ1v) is 28.0. The predicted octanol–water partition coefficient (Wildman–Crippen LogP) is 15.3. The van der Waals surface area contributed by atoms with Crippen molar-refractivity contribution in [2.75, 3.05) is 12.3 Å². The molecule has 6 rings (SSSR count). The van der Waals surface area contributed by atoms with Crippen LogP contribution in [0.4, 0.5) is 0 Å². The van der Waals surface area contributed by atoms with Crippen molar-refractivity contribution in [3.05, 3.63) is 11.6 Å². The van der Waals surface area contributed by atoms with Crippen LogP contribution in [-0.4, -0.2) is 46.3 Å². The molecule has 6 aliphatic rings. The Bertz CT molecular complexity index is 864. The Labute approximate surface area is 309 Å². The molecule has 6 fully saturated rings. The molecule has 0 N–H and O–H groups in total. The minimum atomic E-state index is -2.55. The molecule has 0 atom stereocenters. The van der Waals surface area contributed by atoms with Gasteiger partial charge in [-0.05, 0) is 0 Å². The molecule has 0 aromatic carbocycles. The Balaban J connectivity index is 0.00000417. The minimum Gasteiger partial charge on any atom is 0 e. The fourth-order valence-corrected chi connectivity index (χ4v) is 34.1. The third kappa shape index (κ3) is 7.49. The minimum absolute atomic E-state index is 0. The molecule has 0 aromatic heterocycles. The summed E-state index contributed by atoms with van der Waals surface area (Å²) in [6, 6.07) is 0. The van der Waals surface area contributed by atoms with Crippen LogP contribution < -0.4 is 0 Å². The molecule has 6 saturated carbocycles. The first kappa shape index (κ1) is 39.0. The largest absolute Gasteiger partial charge is 0 e. The summed E-state index contributed by atoms with van der Waals surface area (Å²) in [6.45, 7) is 2.60. The van der Waals surface area contributed by atoms with Gasteiger partial charge in [-0.3, -0.25) is 0 Å². The Morgan fingerprint density at radius 2 is 0.630 bits per heavy atom. The normalized spacial score (nSPS) is 28.9. The zero-order chi connectivity index (χ0) is 31.3. The topological polar surface area (TPSA) is 0 Å². The zero-order valence-electron chi connectivity index (χ0n) is 30.2. The van der Waals surface area contributed by atoms with E-state index >= 15 is 0 Å². The molecule has 270 valence electrons. The van der Waals surface area contributed by atoms with Crippen molar-refractivity contribution >= 4 is 34.4 Å². The van der Waals surface area contributed by atoms with Crippen LogP contribution in [0.25, 0.3) is 0 Å². The van der Waals surface area contributed by atoms with E-state index in [0.29, 0.717) is 0 Å². The van der Waals surface area contributed by atoms with Gasteiger partial charge in [0.15, 0.2) is 0 Å².